The molecule has 2 aliphatic rings. The number of ether oxygens (including phenoxy) is 1. The van der Waals surface area contributed by atoms with Crippen LogP contribution < -0.4 is 19.9 Å². The normalized spacial score (nSPS) is 17.9. The first-order valence-corrected chi connectivity index (χ1v) is 12.7. The van der Waals surface area contributed by atoms with E-state index in [9.17, 15) is 18.0 Å². The highest BCUT2D eigenvalue weighted by atomic mass is 32.2. The van der Waals surface area contributed by atoms with E-state index >= 15 is 0 Å². The number of amides is 2. The van der Waals surface area contributed by atoms with Gasteiger partial charge < -0.3 is 15.0 Å². The molecule has 1 saturated heterocycles. The number of hydrogen-bond acceptors (Lipinski definition) is 6. The maximum absolute atomic E-state index is 13.5. The number of nitrogens with one attached hydrogen (secondary N) is 1. The minimum Gasteiger partial charge on any atom is -0.495 e. The molecule has 1 atom stereocenters. The van der Waals surface area contributed by atoms with Gasteiger partial charge in [-0.1, -0.05) is 6.07 Å². The summed E-state index contributed by atoms with van der Waals surface area (Å²) in [6, 6.07) is 9.88. The molecule has 0 unspecified atom stereocenters. The molecule has 2 aromatic carbocycles. The summed E-state index contributed by atoms with van der Waals surface area (Å²) in [5.74, 6) is -0.0755. The summed E-state index contributed by atoms with van der Waals surface area (Å²) in [6.45, 7) is 2.38. The van der Waals surface area contributed by atoms with E-state index in [-0.39, 0.29) is 23.4 Å². The number of hydrogen-bond donors (Lipinski definition) is 1. The van der Waals surface area contributed by atoms with Crippen LogP contribution in [0, 0.1) is 6.92 Å². The molecule has 1 N–H and O–H groups in total. The van der Waals surface area contributed by atoms with E-state index in [2.05, 4.69) is 5.32 Å². The second-order valence-corrected chi connectivity index (χ2v) is 11.0. The minimum absolute atomic E-state index is 0.0743. The molecule has 34 heavy (non-hydrogen) atoms. The van der Waals surface area contributed by atoms with Gasteiger partial charge in [-0.05, 0) is 62.1 Å². The largest absolute Gasteiger partial charge is 0.495 e. The Balaban J connectivity index is 1.71. The van der Waals surface area contributed by atoms with Crippen LogP contribution in [0.2, 0.25) is 0 Å². The first-order valence-electron chi connectivity index (χ1n) is 11.2. The Labute approximate surface area is 200 Å². The van der Waals surface area contributed by atoms with Crippen LogP contribution in [0.3, 0.4) is 0 Å². The molecular weight excluding hydrogens is 456 g/mol. The zero-order chi connectivity index (χ0) is 24.6. The number of methoxy groups -OCH3 is 1. The number of nitrogens with zero attached hydrogens (tertiary/aromatic N) is 3. The number of anilines is 3. The Hall–Kier alpha value is -3.11. The highest BCUT2D eigenvalue weighted by Crippen LogP contribution is 2.41. The number of piperidine rings is 1. The predicted octanol–water partition coefficient (Wildman–Crippen LogP) is 2.60. The molecule has 2 aromatic rings. The van der Waals surface area contributed by atoms with Gasteiger partial charge in [0.2, 0.25) is 21.8 Å². The van der Waals surface area contributed by atoms with Crippen molar-refractivity contribution in [3.63, 3.8) is 0 Å². The molecular formula is C24H30N4O5S. The van der Waals surface area contributed by atoms with Gasteiger partial charge in [-0.2, -0.15) is 0 Å². The van der Waals surface area contributed by atoms with Gasteiger partial charge in [-0.3, -0.25) is 14.5 Å². The maximum atomic E-state index is 13.5. The fraction of sp³-hybridized carbons (Fsp3) is 0.417. The van der Waals surface area contributed by atoms with Crippen molar-refractivity contribution in [2.75, 3.05) is 49.4 Å². The van der Waals surface area contributed by atoms with E-state index in [1.807, 2.05) is 17.9 Å². The van der Waals surface area contributed by atoms with Crippen LogP contribution in [0.15, 0.2) is 41.3 Å². The SMILES string of the molecule is COc1ccc(C)cc1NC(=O)CN1C(=O)[C@H]2CCCCN2c2ccc(S(=O)(=O)N(C)C)cc21. The lowest BCUT2D eigenvalue weighted by atomic mass is 9.96. The second-order valence-electron chi connectivity index (χ2n) is 8.82. The molecule has 2 heterocycles. The van der Waals surface area contributed by atoms with Crippen molar-refractivity contribution in [2.24, 2.45) is 0 Å². The molecule has 4 rings (SSSR count). The highest BCUT2D eigenvalue weighted by Gasteiger charge is 2.40. The Bertz CT molecular complexity index is 1230. The van der Waals surface area contributed by atoms with Crippen LogP contribution in [-0.2, 0) is 19.6 Å². The standard InChI is InChI=1S/C24H30N4O5S/c1-16-8-11-22(33-4)18(13-16)25-23(29)15-28-21-14-17(34(31,32)26(2)3)9-10-19(21)27-12-6-5-7-20(27)24(28)30/h8-11,13-14,20H,5-7,12,15H2,1-4H3,(H,25,29)/t20-/m1/s1. The molecule has 0 saturated carbocycles. The number of carbonyl (C=O) groups excluding carboxylic acids is 2. The maximum Gasteiger partial charge on any atom is 0.250 e. The van der Waals surface area contributed by atoms with Gasteiger partial charge in [0.25, 0.3) is 0 Å². The van der Waals surface area contributed by atoms with E-state index in [1.54, 1.807) is 24.3 Å². The van der Waals surface area contributed by atoms with Crippen molar-refractivity contribution in [2.45, 2.75) is 37.1 Å². The van der Waals surface area contributed by atoms with Gasteiger partial charge in [-0.25, -0.2) is 12.7 Å². The van der Waals surface area contributed by atoms with Crippen molar-refractivity contribution in [3.05, 3.63) is 42.0 Å². The molecule has 2 aliphatic heterocycles. The molecule has 0 bridgehead atoms. The fourth-order valence-corrected chi connectivity index (χ4v) is 5.45. The molecule has 0 radical (unpaired) electrons. The van der Waals surface area contributed by atoms with Crippen LogP contribution in [0.25, 0.3) is 0 Å². The van der Waals surface area contributed by atoms with Gasteiger partial charge in [0, 0.05) is 20.6 Å². The lowest BCUT2D eigenvalue weighted by Gasteiger charge is -2.45. The van der Waals surface area contributed by atoms with E-state index in [0.29, 0.717) is 30.1 Å². The Morgan fingerprint density at radius 3 is 2.62 bits per heavy atom. The number of benzene rings is 2. The zero-order valence-corrected chi connectivity index (χ0v) is 20.7. The van der Waals surface area contributed by atoms with Crippen LogP contribution in [0.1, 0.15) is 24.8 Å². The first kappa shape index (κ1) is 24.0. The molecule has 1 fully saturated rings. The Morgan fingerprint density at radius 1 is 1.15 bits per heavy atom. The highest BCUT2D eigenvalue weighted by molar-refractivity contribution is 7.89. The van der Waals surface area contributed by atoms with Crippen molar-refractivity contribution >= 4 is 38.9 Å². The number of rotatable bonds is 6. The third-order valence-corrected chi connectivity index (χ3v) is 8.12. The van der Waals surface area contributed by atoms with E-state index in [1.165, 1.54) is 32.2 Å². The lowest BCUT2D eigenvalue weighted by Crippen LogP contribution is -2.56. The van der Waals surface area contributed by atoms with Gasteiger partial charge >= 0.3 is 0 Å². The number of carbonyl (C=O) groups is 2. The van der Waals surface area contributed by atoms with Crippen molar-refractivity contribution in [1.82, 2.24) is 4.31 Å². The smallest absolute Gasteiger partial charge is 0.250 e. The fourth-order valence-electron chi connectivity index (χ4n) is 4.52. The molecule has 0 spiro atoms. The van der Waals surface area contributed by atoms with E-state index < -0.39 is 15.9 Å². The Kier molecular flexibility index (Phi) is 6.55. The lowest BCUT2D eigenvalue weighted by molar-refractivity contribution is -0.123. The summed E-state index contributed by atoms with van der Waals surface area (Å²) in [6.07, 6.45) is 2.57. The predicted molar refractivity (Wildman–Crippen MR) is 131 cm³/mol. The second kappa shape index (κ2) is 9.27. The first-order chi connectivity index (χ1) is 16.1. The summed E-state index contributed by atoms with van der Waals surface area (Å²) in [7, 11) is 0.730. The summed E-state index contributed by atoms with van der Waals surface area (Å²) in [4.78, 5) is 30.1. The summed E-state index contributed by atoms with van der Waals surface area (Å²) < 4.78 is 32.0. The topological polar surface area (TPSA) is 99.3 Å². The number of aryl methyl sites for hydroxylation is 1. The van der Waals surface area contributed by atoms with E-state index in [0.717, 1.165) is 28.4 Å². The monoisotopic (exact) mass is 486 g/mol. The number of fused-ring (bicyclic) bond motifs is 3. The average molecular weight is 487 g/mol. The van der Waals surface area contributed by atoms with Crippen molar-refractivity contribution in [3.8, 4) is 5.75 Å². The van der Waals surface area contributed by atoms with Crippen LogP contribution in [-0.4, -0.2) is 64.9 Å². The van der Waals surface area contributed by atoms with Crippen molar-refractivity contribution in [1.29, 1.82) is 0 Å². The van der Waals surface area contributed by atoms with Gasteiger partial charge in [0.05, 0.1) is 29.1 Å². The average Bonchev–Trinajstić information content (AvgIpc) is 2.81. The molecule has 182 valence electrons. The summed E-state index contributed by atoms with van der Waals surface area (Å²) >= 11 is 0. The molecule has 0 aromatic heterocycles. The Morgan fingerprint density at radius 2 is 1.91 bits per heavy atom. The van der Waals surface area contributed by atoms with Crippen LogP contribution in [0.4, 0.5) is 17.1 Å². The van der Waals surface area contributed by atoms with Gasteiger partial charge in [0.15, 0.2) is 0 Å². The van der Waals surface area contributed by atoms with Crippen LogP contribution >= 0.6 is 0 Å². The van der Waals surface area contributed by atoms with Crippen molar-refractivity contribution < 1.29 is 22.7 Å². The zero-order valence-electron chi connectivity index (χ0n) is 19.9. The van der Waals surface area contributed by atoms with Crippen LogP contribution in [0.5, 0.6) is 5.75 Å². The van der Waals surface area contributed by atoms with Gasteiger partial charge in [0.1, 0.15) is 18.3 Å². The molecule has 10 heteroatoms. The number of sulfonamides is 1. The molecule has 9 nitrogen and oxygen atoms in total. The van der Waals surface area contributed by atoms with Gasteiger partial charge in [-0.15, -0.1) is 0 Å². The quantitative estimate of drug-likeness (QED) is 0.674. The van der Waals surface area contributed by atoms with E-state index in [4.69, 9.17) is 4.74 Å². The summed E-state index contributed by atoms with van der Waals surface area (Å²) in [5.41, 5.74) is 2.66. The minimum atomic E-state index is -3.71. The molecule has 2 amide bonds. The summed E-state index contributed by atoms with van der Waals surface area (Å²) in [5, 5.41) is 2.84. The molecule has 0 aliphatic carbocycles. The third-order valence-electron chi connectivity index (χ3n) is 6.31. The third kappa shape index (κ3) is 4.35.